The maximum absolute atomic E-state index is 12.5. The second kappa shape index (κ2) is 3.61. The molecule has 1 N–H and O–H groups in total. The summed E-state index contributed by atoms with van der Waals surface area (Å²) in [5, 5.41) is 2.39. The van der Waals surface area contributed by atoms with Gasteiger partial charge in [-0.1, -0.05) is 18.2 Å². The van der Waals surface area contributed by atoms with Crippen molar-refractivity contribution in [3.63, 3.8) is 0 Å². The third-order valence-corrected chi connectivity index (χ3v) is 2.60. The Kier molecular flexibility index (Phi) is 2.42. The molecule has 1 aromatic carbocycles. The number of nitrogens with one attached hydrogen (secondary N) is 1. The molecule has 80 valence electrons. The average Bonchev–Trinajstić information content (AvgIpc) is 3.00. The van der Waals surface area contributed by atoms with Gasteiger partial charge in [0.1, 0.15) is 5.54 Å². The van der Waals surface area contributed by atoms with Gasteiger partial charge in [0.05, 0.1) is 0 Å². The van der Waals surface area contributed by atoms with Gasteiger partial charge in [-0.25, -0.2) is 8.78 Å². The Hall–Kier alpha value is -1.45. The van der Waals surface area contributed by atoms with Crippen LogP contribution in [0.15, 0.2) is 30.3 Å². The zero-order valence-corrected chi connectivity index (χ0v) is 8.04. The van der Waals surface area contributed by atoms with E-state index in [4.69, 9.17) is 0 Å². The van der Waals surface area contributed by atoms with Gasteiger partial charge < -0.3 is 5.32 Å². The summed E-state index contributed by atoms with van der Waals surface area (Å²) in [7, 11) is 0. The highest BCUT2D eigenvalue weighted by molar-refractivity contribution is 5.94. The van der Waals surface area contributed by atoms with E-state index in [0.29, 0.717) is 18.4 Å². The highest BCUT2D eigenvalue weighted by Crippen LogP contribution is 2.41. The minimum absolute atomic E-state index is 0.364. The first kappa shape index (κ1) is 10.1. The van der Waals surface area contributed by atoms with Crippen molar-refractivity contribution in [2.24, 2.45) is 0 Å². The van der Waals surface area contributed by atoms with Gasteiger partial charge in [0.15, 0.2) is 0 Å². The second-order valence-electron chi connectivity index (χ2n) is 3.78. The summed E-state index contributed by atoms with van der Waals surface area (Å²) >= 11 is 0. The van der Waals surface area contributed by atoms with Crippen LogP contribution in [0.5, 0.6) is 0 Å². The number of amides is 1. The van der Waals surface area contributed by atoms with Crippen LogP contribution in [0.2, 0.25) is 0 Å². The van der Waals surface area contributed by atoms with Gasteiger partial charge in [-0.3, -0.25) is 4.79 Å². The number of benzene rings is 1. The fourth-order valence-corrected chi connectivity index (χ4v) is 1.42. The lowest BCUT2D eigenvalue weighted by atomic mass is 10.2. The molecule has 1 fully saturated rings. The van der Waals surface area contributed by atoms with Crippen molar-refractivity contribution in [2.75, 3.05) is 0 Å². The van der Waals surface area contributed by atoms with Gasteiger partial charge in [-0.2, -0.15) is 0 Å². The number of hydrogen-bond acceptors (Lipinski definition) is 1. The van der Waals surface area contributed by atoms with Gasteiger partial charge in [0, 0.05) is 5.56 Å². The van der Waals surface area contributed by atoms with Crippen LogP contribution >= 0.6 is 0 Å². The lowest BCUT2D eigenvalue weighted by molar-refractivity contribution is 0.0680. The molecule has 1 saturated carbocycles. The average molecular weight is 211 g/mol. The molecule has 0 saturated heterocycles. The number of hydrogen-bond donors (Lipinski definition) is 1. The molecular formula is C11H11F2NO. The molecule has 2 nitrogen and oxygen atoms in total. The third kappa shape index (κ3) is 1.98. The van der Waals surface area contributed by atoms with Crippen molar-refractivity contribution in [3.8, 4) is 0 Å². The van der Waals surface area contributed by atoms with E-state index < -0.39 is 17.9 Å². The molecule has 0 spiro atoms. The van der Waals surface area contributed by atoms with Crippen molar-refractivity contribution >= 4 is 5.91 Å². The van der Waals surface area contributed by atoms with E-state index in [0.717, 1.165) is 0 Å². The van der Waals surface area contributed by atoms with E-state index in [2.05, 4.69) is 5.32 Å². The monoisotopic (exact) mass is 211 g/mol. The van der Waals surface area contributed by atoms with Crippen LogP contribution in [0.25, 0.3) is 0 Å². The summed E-state index contributed by atoms with van der Waals surface area (Å²) < 4.78 is 25.1. The van der Waals surface area contributed by atoms with Gasteiger partial charge in [-0.15, -0.1) is 0 Å². The molecule has 1 aromatic rings. The first-order chi connectivity index (χ1) is 7.14. The molecule has 0 atom stereocenters. The fourth-order valence-electron chi connectivity index (χ4n) is 1.42. The summed E-state index contributed by atoms with van der Waals surface area (Å²) in [5.41, 5.74) is -0.836. The van der Waals surface area contributed by atoms with E-state index in [1.54, 1.807) is 30.3 Å². The van der Waals surface area contributed by atoms with Crippen LogP contribution in [0.4, 0.5) is 8.78 Å². The van der Waals surface area contributed by atoms with E-state index in [1.165, 1.54) is 0 Å². The number of carbonyl (C=O) groups excluding carboxylic acids is 1. The van der Waals surface area contributed by atoms with Crippen molar-refractivity contribution in [1.29, 1.82) is 0 Å². The molecule has 0 heterocycles. The fraction of sp³-hybridized carbons (Fsp3) is 0.364. The largest absolute Gasteiger partial charge is 0.341 e. The molecule has 1 amide bonds. The number of carbonyl (C=O) groups is 1. The molecule has 1 aliphatic rings. The van der Waals surface area contributed by atoms with Gasteiger partial charge >= 0.3 is 0 Å². The van der Waals surface area contributed by atoms with Crippen LogP contribution in [0.3, 0.4) is 0 Å². The minimum Gasteiger partial charge on any atom is -0.341 e. The van der Waals surface area contributed by atoms with Gasteiger partial charge in [0.25, 0.3) is 12.3 Å². The Balaban J connectivity index is 2.05. The predicted molar refractivity (Wildman–Crippen MR) is 51.9 cm³/mol. The quantitative estimate of drug-likeness (QED) is 0.816. The first-order valence-corrected chi connectivity index (χ1v) is 4.80. The van der Waals surface area contributed by atoms with Gasteiger partial charge in [-0.05, 0) is 25.0 Å². The van der Waals surface area contributed by atoms with Crippen molar-refractivity contribution in [2.45, 2.75) is 24.8 Å². The van der Waals surface area contributed by atoms with Crippen LogP contribution in [0, 0.1) is 0 Å². The van der Waals surface area contributed by atoms with Gasteiger partial charge in [0.2, 0.25) is 0 Å². The van der Waals surface area contributed by atoms with Crippen LogP contribution in [-0.4, -0.2) is 17.9 Å². The highest BCUT2D eigenvalue weighted by atomic mass is 19.3. The van der Waals surface area contributed by atoms with E-state index in [1.807, 2.05) is 0 Å². The maximum atomic E-state index is 12.5. The summed E-state index contributed by atoms with van der Waals surface area (Å²) in [6.45, 7) is 0. The SMILES string of the molecule is O=C(NC1(C(F)F)CC1)c1ccccc1. The highest BCUT2D eigenvalue weighted by Gasteiger charge is 2.52. The maximum Gasteiger partial charge on any atom is 0.261 e. The molecule has 0 aromatic heterocycles. The number of rotatable bonds is 3. The Labute approximate surface area is 86.3 Å². The Morgan fingerprint density at radius 1 is 1.27 bits per heavy atom. The molecular weight excluding hydrogens is 200 g/mol. The molecule has 4 heteroatoms. The van der Waals surface area contributed by atoms with Crippen LogP contribution < -0.4 is 5.32 Å². The smallest absolute Gasteiger partial charge is 0.261 e. The predicted octanol–water partition coefficient (Wildman–Crippen LogP) is 2.21. The molecule has 0 aliphatic heterocycles. The molecule has 2 rings (SSSR count). The van der Waals surface area contributed by atoms with Crippen molar-refractivity contribution < 1.29 is 13.6 Å². The number of halogens is 2. The Bertz CT molecular complexity index is 360. The zero-order valence-electron chi connectivity index (χ0n) is 8.04. The molecule has 15 heavy (non-hydrogen) atoms. The second-order valence-corrected chi connectivity index (χ2v) is 3.78. The van der Waals surface area contributed by atoms with E-state index in [-0.39, 0.29) is 0 Å². The van der Waals surface area contributed by atoms with E-state index >= 15 is 0 Å². The molecule has 0 radical (unpaired) electrons. The lowest BCUT2D eigenvalue weighted by Crippen LogP contribution is -2.42. The minimum atomic E-state index is -2.48. The third-order valence-electron chi connectivity index (χ3n) is 2.60. The summed E-state index contributed by atoms with van der Waals surface area (Å²) in [6.07, 6.45) is -1.75. The summed E-state index contributed by atoms with van der Waals surface area (Å²) in [5.74, 6) is -0.423. The lowest BCUT2D eigenvalue weighted by Gasteiger charge is -2.15. The van der Waals surface area contributed by atoms with Crippen molar-refractivity contribution in [3.05, 3.63) is 35.9 Å². The number of alkyl halides is 2. The summed E-state index contributed by atoms with van der Waals surface area (Å²) in [4.78, 5) is 11.6. The standard InChI is InChI=1S/C11H11F2NO/c12-10(13)11(6-7-11)14-9(15)8-4-2-1-3-5-8/h1-5,10H,6-7H2,(H,14,15). The zero-order chi connectivity index (χ0) is 10.9. The Morgan fingerprint density at radius 3 is 2.33 bits per heavy atom. The summed E-state index contributed by atoms with van der Waals surface area (Å²) in [6, 6.07) is 8.40. The molecule has 0 unspecified atom stereocenters. The molecule has 1 aliphatic carbocycles. The Morgan fingerprint density at radius 2 is 1.87 bits per heavy atom. The van der Waals surface area contributed by atoms with Crippen LogP contribution in [-0.2, 0) is 0 Å². The molecule has 0 bridgehead atoms. The topological polar surface area (TPSA) is 29.1 Å². The van der Waals surface area contributed by atoms with Crippen molar-refractivity contribution in [1.82, 2.24) is 5.32 Å². The van der Waals surface area contributed by atoms with Crippen LogP contribution in [0.1, 0.15) is 23.2 Å². The van der Waals surface area contributed by atoms with E-state index in [9.17, 15) is 13.6 Å². The first-order valence-electron chi connectivity index (χ1n) is 4.80. The normalized spacial score (nSPS) is 17.5.